The number of aliphatic carboxylic acids is 1. The molecule has 40 heavy (non-hydrogen) atoms. The van der Waals surface area contributed by atoms with Crippen LogP contribution in [0.4, 0.5) is 5.69 Å². The topological polar surface area (TPSA) is 164 Å². The zero-order valence-electron chi connectivity index (χ0n) is 22.5. The minimum atomic E-state index is -4.21. The van der Waals surface area contributed by atoms with Gasteiger partial charge in [0.25, 0.3) is 0 Å². The third-order valence-electron chi connectivity index (χ3n) is 6.92. The first-order chi connectivity index (χ1) is 18.9. The van der Waals surface area contributed by atoms with E-state index in [0.29, 0.717) is 28.4 Å². The summed E-state index contributed by atoms with van der Waals surface area (Å²) in [4.78, 5) is 13.3. The van der Waals surface area contributed by atoms with E-state index < -0.39 is 22.7 Å². The van der Waals surface area contributed by atoms with Crippen molar-refractivity contribution in [3.8, 4) is 5.75 Å². The fourth-order valence-corrected chi connectivity index (χ4v) is 5.98. The normalized spacial score (nSPS) is 14.3. The number of nitrogens with one attached hydrogen (secondary N) is 2. The number of fused-ring (bicyclic) bond motifs is 1. The Morgan fingerprint density at radius 3 is 2.30 bits per heavy atom. The van der Waals surface area contributed by atoms with Crippen molar-refractivity contribution in [1.82, 2.24) is 9.21 Å². The summed E-state index contributed by atoms with van der Waals surface area (Å²) in [6.07, 6.45) is 1.57. The highest BCUT2D eigenvalue weighted by Gasteiger charge is 2.29. The van der Waals surface area contributed by atoms with Crippen LogP contribution in [0.5, 0.6) is 5.75 Å². The number of ether oxygens (including phenoxy) is 1. The number of nitrogens with zero attached hydrogens (tertiary/aromatic N) is 3. The molecule has 0 spiro atoms. The first-order valence-electron chi connectivity index (χ1n) is 12.8. The minimum absolute atomic E-state index is 0.000443. The number of likely N-dealkylation sites (tertiary alicyclic amines) is 1. The Kier molecular flexibility index (Phi) is 8.60. The molecule has 3 aromatic rings. The Morgan fingerprint density at radius 2 is 1.70 bits per heavy atom. The number of rotatable bonds is 10. The number of carboxylic acids is 1. The second kappa shape index (κ2) is 11.9. The smallest absolute Gasteiger partial charge is 0.318 e. The molecule has 5 N–H and O–H groups in total. The molecular formula is C28H34N6O5S. The predicted octanol–water partition coefficient (Wildman–Crippen LogP) is 3.23. The van der Waals surface area contributed by atoms with E-state index in [1.54, 1.807) is 43.3 Å². The van der Waals surface area contributed by atoms with Gasteiger partial charge in [0.15, 0.2) is 0 Å². The lowest BCUT2D eigenvalue weighted by Gasteiger charge is -2.33. The third kappa shape index (κ3) is 6.69. The molecule has 1 heterocycles. The molecule has 0 saturated carbocycles. The minimum Gasteiger partial charge on any atom is -0.490 e. The van der Waals surface area contributed by atoms with E-state index in [1.807, 2.05) is 29.2 Å². The van der Waals surface area contributed by atoms with Crippen molar-refractivity contribution in [1.29, 1.82) is 10.8 Å². The summed E-state index contributed by atoms with van der Waals surface area (Å²) in [7, 11) is -2.98. The van der Waals surface area contributed by atoms with Crippen LogP contribution in [-0.4, -0.2) is 73.2 Å². The van der Waals surface area contributed by atoms with Crippen LogP contribution in [0.3, 0.4) is 0 Å². The maximum Gasteiger partial charge on any atom is 0.318 e. The summed E-state index contributed by atoms with van der Waals surface area (Å²) in [5, 5.41) is 26.4. The van der Waals surface area contributed by atoms with Crippen LogP contribution in [0.2, 0.25) is 0 Å². The highest BCUT2D eigenvalue weighted by molar-refractivity contribution is 7.90. The van der Waals surface area contributed by atoms with Gasteiger partial charge in [-0.05, 0) is 59.7 Å². The van der Waals surface area contributed by atoms with Gasteiger partial charge in [0, 0.05) is 38.5 Å². The summed E-state index contributed by atoms with van der Waals surface area (Å²) in [5.41, 5.74) is 7.23. The molecule has 4 rings (SSSR count). The summed E-state index contributed by atoms with van der Waals surface area (Å²) >= 11 is 0. The van der Waals surface area contributed by atoms with Gasteiger partial charge in [-0.15, -0.1) is 0 Å². The molecule has 212 valence electrons. The Bertz CT molecular complexity index is 1520. The lowest BCUT2D eigenvalue weighted by molar-refractivity contribution is -0.137. The summed E-state index contributed by atoms with van der Waals surface area (Å²) in [6, 6.07) is 17.6. The molecule has 0 aliphatic carbocycles. The molecule has 1 saturated heterocycles. The van der Waals surface area contributed by atoms with Crippen LogP contribution in [0, 0.1) is 10.8 Å². The average molecular weight is 567 g/mol. The second-order valence-electron chi connectivity index (χ2n) is 9.86. The Morgan fingerprint density at radius 1 is 1.05 bits per heavy atom. The van der Waals surface area contributed by atoms with Crippen molar-refractivity contribution in [2.24, 2.45) is 5.73 Å². The Balaban J connectivity index is 1.60. The van der Waals surface area contributed by atoms with E-state index >= 15 is 0 Å². The van der Waals surface area contributed by atoms with Crippen LogP contribution in [0.1, 0.15) is 30.9 Å². The van der Waals surface area contributed by atoms with Crippen LogP contribution in [0.15, 0.2) is 60.7 Å². The fourth-order valence-electron chi connectivity index (χ4n) is 4.67. The van der Waals surface area contributed by atoms with Crippen molar-refractivity contribution >= 4 is 44.3 Å². The van der Waals surface area contributed by atoms with Gasteiger partial charge in [0.2, 0.25) is 0 Å². The van der Waals surface area contributed by atoms with Crippen molar-refractivity contribution in [3.63, 3.8) is 0 Å². The van der Waals surface area contributed by atoms with Gasteiger partial charge in [-0.25, -0.2) is 0 Å². The molecule has 1 aliphatic heterocycles. The number of piperidine rings is 1. The van der Waals surface area contributed by atoms with Crippen LogP contribution < -0.4 is 14.8 Å². The molecular weight excluding hydrogens is 532 g/mol. The standard InChI is InChI=1S/C28H34N6O5S/c1-19(29)33-13-11-26(12-14-33)39-25-9-7-24(8-10-25)34(40(37,38)32(2)18-27(35)36)17-20-3-4-21-5-6-22(28(30)31)16-23(21)15-20/h3-10,15-16,26,29H,11-14,17-18H2,1-2H3,(H3,30,31)(H,35,36). The number of amidine groups is 2. The number of carboxylic acid groups (broad SMARTS) is 1. The van der Waals surface area contributed by atoms with E-state index in [4.69, 9.17) is 21.3 Å². The van der Waals surface area contributed by atoms with E-state index in [-0.39, 0.29) is 18.5 Å². The highest BCUT2D eigenvalue weighted by atomic mass is 32.2. The number of carbonyl (C=O) groups is 1. The molecule has 0 amide bonds. The average Bonchev–Trinajstić information content (AvgIpc) is 2.91. The SMILES string of the molecule is CC(=N)N1CCC(Oc2ccc(N(Cc3ccc4ccc(C(=N)N)cc4c3)S(=O)(=O)N(C)CC(=O)O)cc2)CC1. The number of nitrogens with two attached hydrogens (primary N) is 1. The highest BCUT2D eigenvalue weighted by Crippen LogP contribution is 2.28. The summed E-state index contributed by atoms with van der Waals surface area (Å²) in [5.74, 6) is -0.179. The van der Waals surface area contributed by atoms with Crippen molar-refractivity contribution < 1.29 is 23.1 Å². The van der Waals surface area contributed by atoms with Crippen molar-refractivity contribution in [2.45, 2.75) is 32.4 Å². The number of anilines is 1. The zero-order valence-corrected chi connectivity index (χ0v) is 23.3. The van der Waals surface area contributed by atoms with Gasteiger partial charge in [-0.3, -0.25) is 19.9 Å². The van der Waals surface area contributed by atoms with Crippen molar-refractivity contribution in [3.05, 3.63) is 71.8 Å². The van der Waals surface area contributed by atoms with Gasteiger partial charge < -0.3 is 20.5 Å². The first kappa shape index (κ1) is 28.8. The summed E-state index contributed by atoms with van der Waals surface area (Å²) < 4.78 is 35.2. The fraction of sp³-hybridized carbons (Fsp3) is 0.321. The summed E-state index contributed by atoms with van der Waals surface area (Å²) in [6.45, 7) is 2.54. The molecule has 3 aromatic carbocycles. The zero-order chi connectivity index (χ0) is 29.0. The number of nitrogen functional groups attached to an aromatic ring is 1. The number of hydrogen-bond acceptors (Lipinski definition) is 6. The lowest BCUT2D eigenvalue weighted by atomic mass is 10.0. The van der Waals surface area contributed by atoms with E-state index in [2.05, 4.69) is 0 Å². The maximum absolute atomic E-state index is 13.6. The molecule has 0 bridgehead atoms. The molecule has 11 nitrogen and oxygen atoms in total. The monoisotopic (exact) mass is 566 g/mol. The maximum atomic E-state index is 13.6. The largest absolute Gasteiger partial charge is 0.490 e. The molecule has 1 aliphatic rings. The van der Waals surface area contributed by atoms with Gasteiger partial charge in [-0.1, -0.05) is 24.3 Å². The molecule has 12 heteroatoms. The number of likely N-dealkylation sites (N-methyl/N-ethyl adjacent to an activating group) is 1. The molecule has 0 atom stereocenters. The molecule has 0 unspecified atom stereocenters. The number of benzene rings is 3. The Labute approximate surface area is 233 Å². The van der Waals surface area contributed by atoms with Gasteiger partial charge in [-0.2, -0.15) is 12.7 Å². The van der Waals surface area contributed by atoms with Crippen LogP contribution in [-0.2, 0) is 21.5 Å². The van der Waals surface area contributed by atoms with E-state index in [9.17, 15) is 18.3 Å². The van der Waals surface area contributed by atoms with Gasteiger partial charge >= 0.3 is 16.2 Å². The molecule has 0 radical (unpaired) electrons. The molecule has 1 fully saturated rings. The quantitative estimate of drug-likeness (QED) is 0.216. The number of hydrogen-bond donors (Lipinski definition) is 4. The second-order valence-corrected chi connectivity index (χ2v) is 11.8. The molecule has 0 aromatic heterocycles. The third-order valence-corrected chi connectivity index (χ3v) is 8.73. The predicted molar refractivity (Wildman–Crippen MR) is 155 cm³/mol. The lowest BCUT2D eigenvalue weighted by Crippen LogP contribution is -2.43. The first-order valence-corrected chi connectivity index (χ1v) is 14.2. The Hall–Kier alpha value is -4.16. The van der Waals surface area contributed by atoms with Gasteiger partial charge in [0.1, 0.15) is 24.2 Å². The van der Waals surface area contributed by atoms with Gasteiger partial charge in [0.05, 0.1) is 18.1 Å². The van der Waals surface area contributed by atoms with Crippen LogP contribution >= 0.6 is 0 Å². The van der Waals surface area contributed by atoms with Crippen LogP contribution in [0.25, 0.3) is 10.8 Å². The van der Waals surface area contributed by atoms with E-state index in [1.165, 1.54) is 11.4 Å². The van der Waals surface area contributed by atoms with E-state index in [0.717, 1.165) is 41.0 Å². The van der Waals surface area contributed by atoms with Crippen molar-refractivity contribution in [2.75, 3.05) is 31.0 Å².